The van der Waals surface area contributed by atoms with Gasteiger partial charge in [0.2, 0.25) is 5.28 Å². The average molecular weight is 370 g/mol. The molecule has 106 valence electrons. The Morgan fingerprint density at radius 1 is 1.42 bits per heavy atom. The van der Waals surface area contributed by atoms with Crippen molar-refractivity contribution in [2.24, 2.45) is 0 Å². The maximum Gasteiger partial charge on any atom is 0.224 e. The highest BCUT2D eigenvalue weighted by atomic mass is 79.9. The third kappa shape index (κ3) is 4.55. The molecule has 9 heteroatoms. The zero-order valence-electron chi connectivity index (χ0n) is 10.1. The SMILES string of the molecule is O=S1(=O)CCN(CCNc2nc(Cl)ncc2Br)CC1. The van der Waals surface area contributed by atoms with E-state index < -0.39 is 9.84 Å². The van der Waals surface area contributed by atoms with Crippen molar-refractivity contribution in [1.82, 2.24) is 14.9 Å². The fraction of sp³-hybridized carbons (Fsp3) is 0.600. The van der Waals surface area contributed by atoms with Crippen molar-refractivity contribution in [2.45, 2.75) is 0 Å². The Balaban J connectivity index is 1.79. The number of rotatable bonds is 4. The second kappa shape index (κ2) is 6.34. The molecule has 2 heterocycles. The third-order valence-electron chi connectivity index (χ3n) is 2.87. The second-order valence-electron chi connectivity index (χ2n) is 4.26. The molecule has 1 aromatic heterocycles. The van der Waals surface area contributed by atoms with Crippen LogP contribution in [0.3, 0.4) is 0 Å². The summed E-state index contributed by atoms with van der Waals surface area (Å²) in [5.74, 6) is 1.14. The molecule has 0 unspecified atom stereocenters. The molecule has 0 bridgehead atoms. The van der Waals surface area contributed by atoms with E-state index in [4.69, 9.17) is 11.6 Å². The molecule has 0 radical (unpaired) electrons. The van der Waals surface area contributed by atoms with Crippen LogP contribution in [0, 0.1) is 0 Å². The fourth-order valence-corrected chi connectivity index (χ4v) is 3.52. The summed E-state index contributed by atoms with van der Waals surface area (Å²) in [5.41, 5.74) is 0. The standard InChI is InChI=1S/C10H14BrClN4O2S/c11-8-7-14-10(12)15-9(8)13-1-2-16-3-5-19(17,18)6-4-16/h7H,1-6H2,(H,13,14,15). The van der Waals surface area contributed by atoms with Gasteiger partial charge in [-0.15, -0.1) is 0 Å². The van der Waals surface area contributed by atoms with E-state index in [-0.39, 0.29) is 16.8 Å². The van der Waals surface area contributed by atoms with E-state index in [1.807, 2.05) is 0 Å². The Morgan fingerprint density at radius 2 is 2.11 bits per heavy atom. The monoisotopic (exact) mass is 368 g/mol. The van der Waals surface area contributed by atoms with Crippen LogP contribution in [0.5, 0.6) is 0 Å². The number of hydrogen-bond donors (Lipinski definition) is 1. The number of nitrogens with one attached hydrogen (secondary N) is 1. The van der Waals surface area contributed by atoms with Gasteiger partial charge in [0.05, 0.1) is 16.0 Å². The zero-order valence-corrected chi connectivity index (χ0v) is 13.3. The molecule has 19 heavy (non-hydrogen) atoms. The van der Waals surface area contributed by atoms with E-state index >= 15 is 0 Å². The normalized spacial score (nSPS) is 19.3. The predicted octanol–water partition coefficient (Wildman–Crippen LogP) is 1.03. The van der Waals surface area contributed by atoms with Crippen LogP contribution >= 0.6 is 27.5 Å². The van der Waals surface area contributed by atoms with Gasteiger partial charge >= 0.3 is 0 Å². The first-order valence-corrected chi connectivity index (χ1v) is 8.80. The fourth-order valence-electron chi connectivity index (χ4n) is 1.78. The van der Waals surface area contributed by atoms with Gasteiger partial charge < -0.3 is 5.32 Å². The van der Waals surface area contributed by atoms with Gasteiger partial charge in [0.15, 0.2) is 9.84 Å². The van der Waals surface area contributed by atoms with Gasteiger partial charge in [-0.25, -0.2) is 13.4 Å². The van der Waals surface area contributed by atoms with Crippen molar-refractivity contribution in [3.8, 4) is 0 Å². The van der Waals surface area contributed by atoms with Crippen molar-refractivity contribution in [3.05, 3.63) is 16.0 Å². The minimum atomic E-state index is -2.81. The lowest BCUT2D eigenvalue weighted by molar-refractivity contribution is 0.307. The van der Waals surface area contributed by atoms with Crippen LogP contribution < -0.4 is 5.32 Å². The molecule has 1 saturated heterocycles. The molecule has 0 aromatic carbocycles. The smallest absolute Gasteiger partial charge is 0.224 e. The lowest BCUT2D eigenvalue weighted by Crippen LogP contribution is -2.42. The Morgan fingerprint density at radius 3 is 2.79 bits per heavy atom. The first kappa shape index (κ1) is 15.0. The van der Waals surface area contributed by atoms with Crippen LogP contribution in [0.25, 0.3) is 0 Å². The van der Waals surface area contributed by atoms with E-state index in [1.54, 1.807) is 6.20 Å². The summed E-state index contributed by atoms with van der Waals surface area (Å²) in [7, 11) is -2.81. The summed E-state index contributed by atoms with van der Waals surface area (Å²) in [6, 6.07) is 0. The molecule has 1 fully saturated rings. The highest BCUT2D eigenvalue weighted by Gasteiger charge is 2.20. The van der Waals surface area contributed by atoms with E-state index in [0.717, 1.165) is 11.0 Å². The van der Waals surface area contributed by atoms with E-state index in [0.29, 0.717) is 25.5 Å². The van der Waals surface area contributed by atoms with Crippen LogP contribution in [-0.4, -0.2) is 61.0 Å². The summed E-state index contributed by atoms with van der Waals surface area (Å²) < 4.78 is 23.3. The van der Waals surface area contributed by atoms with Gasteiger partial charge in [0.1, 0.15) is 5.82 Å². The molecule has 0 aliphatic carbocycles. The van der Waals surface area contributed by atoms with Crippen LogP contribution in [0.2, 0.25) is 5.28 Å². The molecule has 0 atom stereocenters. The first-order chi connectivity index (χ1) is 8.96. The largest absolute Gasteiger partial charge is 0.368 e. The van der Waals surface area contributed by atoms with Gasteiger partial charge in [0.25, 0.3) is 0 Å². The Kier molecular flexibility index (Phi) is 4.99. The highest BCUT2D eigenvalue weighted by molar-refractivity contribution is 9.10. The number of hydrogen-bond acceptors (Lipinski definition) is 6. The van der Waals surface area contributed by atoms with E-state index in [2.05, 4.69) is 36.1 Å². The Bertz CT molecular complexity index is 540. The molecule has 0 amide bonds. The number of anilines is 1. The van der Waals surface area contributed by atoms with Crippen LogP contribution in [-0.2, 0) is 9.84 Å². The van der Waals surface area contributed by atoms with Gasteiger partial charge in [-0.2, -0.15) is 4.98 Å². The van der Waals surface area contributed by atoms with Gasteiger partial charge in [-0.3, -0.25) is 4.90 Å². The van der Waals surface area contributed by atoms with Crippen molar-refractivity contribution in [2.75, 3.05) is 43.0 Å². The first-order valence-electron chi connectivity index (χ1n) is 5.81. The van der Waals surface area contributed by atoms with Gasteiger partial charge in [-0.1, -0.05) is 0 Å². The number of halogens is 2. The molecule has 1 aliphatic heterocycles. The van der Waals surface area contributed by atoms with Crippen molar-refractivity contribution < 1.29 is 8.42 Å². The number of aromatic nitrogens is 2. The van der Waals surface area contributed by atoms with Crippen LogP contribution in [0.1, 0.15) is 0 Å². The lowest BCUT2D eigenvalue weighted by atomic mass is 10.4. The number of nitrogens with zero attached hydrogens (tertiary/aromatic N) is 3. The van der Waals surface area contributed by atoms with Crippen molar-refractivity contribution in [3.63, 3.8) is 0 Å². The minimum absolute atomic E-state index is 0.190. The molecule has 1 aromatic rings. The summed E-state index contributed by atoms with van der Waals surface area (Å²) in [4.78, 5) is 10.0. The van der Waals surface area contributed by atoms with Crippen molar-refractivity contribution in [1.29, 1.82) is 0 Å². The summed E-state index contributed by atoms with van der Waals surface area (Å²) in [6.45, 7) is 2.63. The quantitative estimate of drug-likeness (QED) is 0.799. The molecule has 2 rings (SSSR count). The molecule has 0 spiro atoms. The minimum Gasteiger partial charge on any atom is -0.368 e. The third-order valence-corrected chi connectivity index (χ3v) is 5.24. The molecule has 0 saturated carbocycles. The topological polar surface area (TPSA) is 75.2 Å². The van der Waals surface area contributed by atoms with Crippen LogP contribution in [0.15, 0.2) is 10.7 Å². The van der Waals surface area contributed by atoms with E-state index in [9.17, 15) is 8.42 Å². The lowest BCUT2D eigenvalue weighted by Gasteiger charge is -2.26. The Labute approximate surface area is 125 Å². The highest BCUT2D eigenvalue weighted by Crippen LogP contribution is 2.19. The van der Waals surface area contributed by atoms with Crippen molar-refractivity contribution >= 4 is 43.2 Å². The number of sulfone groups is 1. The Hall–Kier alpha value is -0.440. The summed E-state index contributed by atoms with van der Waals surface area (Å²) in [5, 5.41) is 3.34. The summed E-state index contributed by atoms with van der Waals surface area (Å²) in [6.07, 6.45) is 1.59. The predicted molar refractivity (Wildman–Crippen MR) is 78.3 cm³/mol. The molecular weight excluding hydrogens is 356 g/mol. The summed E-state index contributed by atoms with van der Waals surface area (Å²) >= 11 is 9.05. The maximum absolute atomic E-state index is 11.3. The van der Waals surface area contributed by atoms with Gasteiger partial charge in [0, 0.05) is 32.4 Å². The molecule has 1 N–H and O–H groups in total. The average Bonchev–Trinajstić information content (AvgIpc) is 2.35. The second-order valence-corrected chi connectivity index (χ2v) is 7.75. The molecular formula is C10H14BrClN4O2S. The van der Waals surface area contributed by atoms with E-state index in [1.165, 1.54) is 0 Å². The van der Waals surface area contributed by atoms with Crippen LogP contribution in [0.4, 0.5) is 5.82 Å². The maximum atomic E-state index is 11.3. The molecule has 1 aliphatic rings. The van der Waals surface area contributed by atoms with Gasteiger partial charge in [-0.05, 0) is 27.5 Å². The molecule has 6 nitrogen and oxygen atoms in total. The zero-order chi connectivity index (χ0) is 13.9.